The fourth-order valence-corrected chi connectivity index (χ4v) is 3.79. The smallest absolute Gasteiger partial charge is 0.335 e. The van der Waals surface area contributed by atoms with Gasteiger partial charge in [0.15, 0.2) is 0 Å². The second-order valence-corrected chi connectivity index (χ2v) is 7.10. The van der Waals surface area contributed by atoms with E-state index in [0.29, 0.717) is 11.8 Å². The molecule has 0 aromatic carbocycles. The third kappa shape index (κ3) is 4.62. The molecule has 1 heterocycles. The Labute approximate surface area is 126 Å². The van der Waals surface area contributed by atoms with Crippen LogP contribution in [-0.2, 0) is 9.53 Å². The topological polar surface area (TPSA) is 26.3 Å². The molecular weight excluding hydrogens is 304 g/mol. The minimum absolute atomic E-state index is 0.0727. The molecule has 0 fully saturated rings. The third-order valence-electron chi connectivity index (χ3n) is 4.03. The normalized spacial score (nSPS) is 24.3. The van der Waals surface area contributed by atoms with Gasteiger partial charge in [-0.25, -0.2) is 4.79 Å². The van der Waals surface area contributed by atoms with Crippen LogP contribution in [0.25, 0.3) is 0 Å². The quantitative estimate of drug-likeness (QED) is 0.609. The molecule has 0 amide bonds. The number of rotatable bonds is 7. The van der Waals surface area contributed by atoms with Crippen molar-refractivity contribution in [2.75, 3.05) is 0 Å². The van der Waals surface area contributed by atoms with Gasteiger partial charge < -0.3 is 4.74 Å². The molecule has 3 heteroatoms. The summed E-state index contributed by atoms with van der Waals surface area (Å²) < 4.78 is 6.38. The highest BCUT2D eigenvalue weighted by molar-refractivity contribution is 9.11. The van der Waals surface area contributed by atoms with Crippen LogP contribution >= 0.6 is 15.9 Å². The summed E-state index contributed by atoms with van der Waals surface area (Å²) in [7, 11) is 0. The number of hydrogen-bond donors (Lipinski definition) is 0. The SMILES string of the molecule is CCC[C@@H](C)C[C@@H](C)C[C@@H](C)[C@@H]1OC(=O)C(C)=C1Br. The Morgan fingerprint density at radius 1 is 1.21 bits per heavy atom. The van der Waals surface area contributed by atoms with Crippen molar-refractivity contribution in [2.24, 2.45) is 17.8 Å². The van der Waals surface area contributed by atoms with E-state index in [1.165, 1.54) is 19.3 Å². The molecule has 0 aliphatic carbocycles. The van der Waals surface area contributed by atoms with E-state index in [2.05, 4.69) is 43.6 Å². The summed E-state index contributed by atoms with van der Waals surface area (Å²) in [6.07, 6.45) is 4.86. The maximum Gasteiger partial charge on any atom is 0.335 e. The van der Waals surface area contributed by atoms with Gasteiger partial charge in [0.25, 0.3) is 0 Å². The molecule has 0 aromatic rings. The molecule has 0 saturated heterocycles. The van der Waals surface area contributed by atoms with Gasteiger partial charge in [-0.3, -0.25) is 0 Å². The first kappa shape index (κ1) is 16.7. The molecule has 0 N–H and O–H groups in total. The van der Waals surface area contributed by atoms with Crippen molar-refractivity contribution >= 4 is 21.9 Å². The van der Waals surface area contributed by atoms with Crippen LogP contribution in [0.2, 0.25) is 0 Å². The van der Waals surface area contributed by atoms with Crippen LogP contribution in [0.1, 0.15) is 60.3 Å². The Kier molecular flexibility index (Phi) is 6.58. The van der Waals surface area contributed by atoms with Crippen molar-refractivity contribution in [2.45, 2.75) is 66.4 Å². The Bertz CT molecular complexity index is 349. The largest absolute Gasteiger partial charge is 0.453 e. The molecule has 0 spiro atoms. The summed E-state index contributed by atoms with van der Waals surface area (Å²) >= 11 is 3.51. The van der Waals surface area contributed by atoms with Gasteiger partial charge >= 0.3 is 5.97 Å². The van der Waals surface area contributed by atoms with E-state index >= 15 is 0 Å². The van der Waals surface area contributed by atoms with Gasteiger partial charge in [0.05, 0.1) is 0 Å². The second kappa shape index (κ2) is 7.47. The average Bonchev–Trinajstić information content (AvgIpc) is 2.57. The number of carbonyl (C=O) groups is 1. The molecule has 0 aromatic heterocycles. The number of hydrogen-bond acceptors (Lipinski definition) is 2. The Hall–Kier alpha value is -0.310. The lowest BCUT2D eigenvalue weighted by atomic mass is 9.86. The van der Waals surface area contributed by atoms with Gasteiger partial charge in [0, 0.05) is 10.1 Å². The predicted octanol–water partition coefficient (Wildman–Crippen LogP) is 5.07. The van der Waals surface area contributed by atoms with Crippen LogP contribution in [0.3, 0.4) is 0 Å². The first-order valence-corrected chi connectivity index (χ1v) is 8.23. The Morgan fingerprint density at radius 2 is 1.84 bits per heavy atom. The van der Waals surface area contributed by atoms with E-state index in [4.69, 9.17) is 4.74 Å². The standard InChI is InChI=1S/C16H27BrO2/c1-6-7-10(2)8-11(3)9-12(4)15-14(17)13(5)16(18)19-15/h10-12,15H,6-9H2,1-5H3/t10-,11-,12-,15+/m1/s1. The lowest BCUT2D eigenvalue weighted by Gasteiger charge is -2.24. The molecule has 1 rings (SSSR count). The summed E-state index contributed by atoms with van der Waals surface area (Å²) in [5.74, 6) is 1.67. The molecule has 0 radical (unpaired) electrons. The zero-order valence-electron chi connectivity index (χ0n) is 12.8. The first-order chi connectivity index (χ1) is 8.86. The van der Waals surface area contributed by atoms with Gasteiger partial charge in [-0.05, 0) is 37.5 Å². The maximum absolute atomic E-state index is 11.5. The van der Waals surface area contributed by atoms with Gasteiger partial charge in [0.1, 0.15) is 6.10 Å². The van der Waals surface area contributed by atoms with Crippen molar-refractivity contribution in [1.29, 1.82) is 0 Å². The molecule has 2 nitrogen and oxygen atoms in total. The summed E-state index contributed by atoms with van der Waals surface area (Å²) in [4.78, 5) is 11.5. The summed E-state index contributed by atoms with van der Waals surface area (Å²) in [5.41, 5.74) is 0.726. The highest BCUT2D eigenvalue weighted by Gasteiger charge is 2.34. The summed E-state index contributed by atoms with van der Waals surface area (Å²) in [6, 6.07) is 0. The van der Waals surface area contributed by atoms with Crippen molar-refractivity contribution in [3.8, 4) is 0 Å². The minimum Gasteiger partial charge on any atom is -0.453 e. The molecule has 4 atom stereocenters. The Balaban J connectivity index is 2.47. The van der Waals surface area contributed by atoms with E-state index in [9.17, 15) is 4.79 Å². The molecule has 0 bridgehead atoms. The number of halogens is 1. The van der Waals surface area contributed by atoms with Crippen LogP contribution in [0.4, 0.5) is 0 Å². The van der Waals surface area contributed by atoms with Crippen LogP contribution in [0.15, 0.2) is 10.1 Å². The minimum atomic E-state index is -0.171. The summed E-state index contributed by atoms with van der Waals surface area (Å²) in [6.45, 7) is 10.9. The van der Waals surface area contributed by atoms with E-state index in [1.54, 1.807) is 0 Å². The highest BCUT2D eigenvalue weighted by Crippen LogP contribution is 2.35. The maximum atomic E-state index is 11.5. The van der Waals surface area contributed by atoms with Crippen LogP contribution in [0, 0.1) is 17.8 Å². The van der Waals surface area contributed by atoms with Crippen molar-refractivity contribution in [1.82, 2.24) is 0 Å². The lowest BCUT2D eigenvalue weighted by molar-refractivity contribution is -0.141. The number of cyclic esters (lactones) is 1. The second-order valence-electron chi connectivity index (χ2n) is 6.25. The lowest BCUT2D eigenvalue weighted by Crippen LogP contribution is -2.22. The van der Waals surface area contributed by atoms with Gasteiger partial charge in [-0.2, -0.15) is 0 Å². The molecule has 19 heavy (non-hydrogen) atoms. The average molecular weight is 331 g/mol. The van der Waals surface area contributed by atoms with Crippen LogP contribution in [0.5, 0.6) is 0 Å². The van der Waals surface area contributed by atoms with Crippen molar-refractivity contribution in [3.05, 3.63) is 10.1 Å². The van der Waals surface area contributed by atoms with E-state index in [-0.39, 0.29) is 12.1 Å². The fraction of sp³-hybridized carbons (Fsp3) is 0.812. The number of carbonyl (C=O) groups excluding carboxylic acids is 1. The first-order valence-electron chi connectivity index (χ1n) is 7.44. The zero-order chi connectivity index (χ0) is 14.6. The van der Waals surface area contributed by atoms with Crippen molar-refractivity contribution < 1.29 is 9.53 Å². The van der Waals surface area contributed by atoms with Crippen LogP contribution < -0.4 is 0 Å². The van der Waals surface area contributed by atoms with Crippen LogP contribution in [-0.4, -0.2) is 12.1 Å². The number of ether oxygens (including phenoxy) is 1. The molecule has 1 aliphatic heterocycles. The molecule has 0 saturated carbocycles. The van der Waals surface area contributed by atoms with E-state index in [0.717, 1.165) is 22.4 Å². The van der Waals surface area contributed by atoms with Gasteiger partial charge in [-0.1, -0.05) is 56.5 Å². The van der Waals surface area contributed by atoms with Gasteiger partial charge in [-0.15, -0.1) is 0 Å². The fourth-order valence-electron chi connectivity index (χ4n) is 3.08. The Morgan fingerprint density at radius 3 is 2.32 bits per heavy atom. The monoisotopic (exact) mass is 330 g/mol. The van der Waals surface area contributed by atoms with E-state index < -0.39 is 0 Å². The van der Waals surface area contributed by atoms with E-state index in [1.807, 2.05) is 6.92 Å². The zero-order valence-corrected chi connectivity index (χ0v) is 14.4. The van der Waals surface area contributed by atoms with Gasteiger partial charge in [0.2, 0.25) is 0 Å². The molecule has 1 aliphatic rings. The number of esters is 1. The highest BCUT2D eigenvalue weighted by atomic mass is 79.9. The summed E-state index contributed by atoms with van der Waals surface area (Å²) in [5, 5.41) is 0. The molecule has 0 unspecified atom stereocenters. The molecular formula is C16H27BrO2. The predicted molar refractivity (Wildman–Crippen MR) is 83.1 cm³/mol. The van der Waals surface area contributed by atoms with Crippen molar-refractivity contribution in [3.63, 3.8) is 0 Å². The third-order valence-corrected chi connectivity index (χ3v) is 5.07. The molecule has 110 valence electrons.